The topological polar surface area (TPSA) is 75.8 Å². The number of hydrogen-bond donors (Lipinski definition) is 1. The van der Waals surface area contributed by atoms with E-state index < -0.39 is 6.04 Å². The first kappa shape index (κ1) is 13.4. The van der Waals surface area contributed by atoms with Gasteiger partial charge in [-0.3, -0.25) is 9.79 Å². The van der Waals surface area contributed by atoms with E-state index in [2.05, 4.69) is 4.99 Å². The number of rotatable bonds is 3. The van der Waals surface area contributed by atoms with Gasteiger partial charge in [-0.15, -0.1) is 0 Å². The van der Waals surface area contributed by atoms with Gasteiger partial charge >= 0.3 is 0 Å². The molecule has 2 rings (SSSR count). The van der Waals surface area contributed by atoms with Crippen molar-refractivity contribution in [1.29, 1.82) is 0 Å². The third-order valence-electron chi connectivity index (χ3n) is 3.25. The van der Waals surface area contributed by atoms with E-state index in [9.17, 15) is 9.59 Å². The van der Waals surface area contributed by atoms with Crippen LogP contribution >= 0.6 is 0 Å². The number of amides is 1. The van der Waals surface area contributed by atoms with Gasteiger partial charge in [0.25, 0.3) is 5.91 Å². The van der Waals surface area contributed by atoms with Gasteiger partial charge in [0, 0.05) is 17.8 Å². The molecule has 19 heavy (non-hydrogen) atoms. The summed E-state index contributed by atoms with van der Waals surface area (Å²) in [5.74, 6) is -0.167. The standard InChI is InChI=1S/C14H17N3O2/c1-9-12-4-3-11(8-15)7-13(12)17(5-6-18)14(19)10(2)16-9/h3-4,6-7,10H,5,8,15H2,1-2H3. The predicted molar refractivity (Wildman–Crippen MR) is 74.4 cm³/mol. The van der Waals surface area contributed by atoms with Crippen molar-refractivity contribution in [3.05, 3.63) is 29.3 Å². The Kier molecular flexibility index (Phi) is 3.76. The van der Waals surface area contributed by atoms with Crippen molar-refractivity contribution in [2.75, 3.05) is 11.4 Å². The zero-order valence-corrected chi connectivity index (χ0v) is 11.1. The Bertz CT molecular complexity index is 552. The highest BCUT2D eigenvalue weighted by atomic mass is 16.2. The molecule has 0 aromatic heterocycles. The lowest BCUT2D eigenvalue weighted by atomic mass is 10.0. The van der Waals surface area contributed by atoms with Gasteiger partial charge in [-0.25, -0.2) is 0 Å². The van der Waals surface area contributed by atoms with E-state index in [0.29, 0.717) is 12.2 Å². The molecule has 0 spiro atoms. The molecule has 5 nitrogen and oxygen atoms in total. The maximum Gasteiger partial charge on any atom is 0.251 e. The summed E-state index contributed by atoms with van der Waals surface area (Å²) in [5, 5.41) is 0. The highest BCUT2D eigenvalue weighted by molar-refractivity contribution is 6.12. The first-order valence-corrected chi connectivity index (χ1v) is 6.21. The average molecular weight is 259 g/mol. The number of fused-ring (bicyclic) bond motifs is 1. The van der Waals surface area contributed by atoms with E-state index in [1.807, 2.05) is 25.1 Å². The van der Waals surface area contributed by atoms with E-state index in [0.717, 1.165) is 23.1 Å². The maximum atomic E-state index is 12.3. The third kappa shape index (κ3) is 2.42. The summed E-state index contributed by atoms with van der Waals surface area (Å²) >= 11 is 0. The number of aldehydes is 1. The average Bonchev–Trinajstić information content (AvgIpc) is 2.50. The van der Waals surface area contributed by atoms with E-state index >= 15 is 0 Å². The van der Waals surface area contributed by atoms with Gasteiger partial charge in [-0.2, -0.15) is 0 Å². The van der Waals surface area contributed by atoms with Crippen LogP contribution in [-0.4, -0.2) is 30.5 Å². The van der Waals surface area contributed by atoms with Gasteiger partial charge in [0.1, 0.15) is 12.3 Å². The minimum absolute atomic E-state index is 0.0347. The number of hydrogen-bond acceptors (Lipinski definition) is 4. The molecule has 0 aliphatic carbocycles. The molecule has 1 heterocycles. The second-order valence-electron chi connectivity index (χ2n) is 4.56. The van der Waals surface area contributed by atoms with Crippen molar-refractivity contribution in [2.24, 2.45) is 10.7 Å². The molecule has 1 atom stereocenters. The molecule has 1 aliphatic rings. The highest BCUT2D eigenvalue weighted by Gasteiger charge is 2.27. The zero-order chi connectivity index (χ0) is 14.0. The van der Waals surface area contributed by atoms with Crippen LogP contribution in [0.4, 0.5) is 5.69 Å². The molecule has 1 aromatic carbocycles. The summed E-state index contributed by atoms with van der Waals surface area (Å²) in [6, 6.07) is 5.19. The lowest BCUT2D eigenvalue weighted by Gasteiger charge is -2.22. The summed E-state index contributed by atoms with van der Waals surface area (Å²) in [6.45, 7) is 4.03. The lowest BCUT2D eigenvalue weighted by Crippen LogP contribution is -2.38. The van der Waals surface area contributed by atoms with Crippen LogP contribution in [0.3, 0.4) is 0 Å². The van der Waals surface area contributed by atoms with Crippen LogP contribution in [0.2, 0.25) is 0 Å². The Hall–Kier alpha value is -2.01. The van der Waals surface area contributed by atoms with Gasteiger partial charge in [0.15, 0.2) is 0 Å². The molecular formula is C14H17N3O2. The number of benzene rings is 1. The summed E-state index contributed by atoms with van der Waals surface area (Å²) in [4.78, 5) is 28.9. The summed E-state index contributed by atoms with van der Waals surface area (Å²) in [7, 11) is 0. The van der Waals surface area contributed by atoms with Crippen molar-refractivity contribution in [2.45, 2.75) is 26.4 Å². The van der Waals surface area contributed by atoms with E-state index in [1.54, 1.807) is 6.92 Å². The highest BCUT2D eigenvalue weighted by Crippen LogP contribution is 2.27. The number of nitrogens with two attached hydrogens (primary N) is 1. The van der Waals surface area contributed by atoms with Gasteiger partial charge in [0.05, 0.1) is 12.2 Å². The SMILES string of the molecule is CC1=NC(C)C(=O)N(CC=O)c2cc(CN)ccc21. The van der Waals surface area contributed by atoms with Gasteiger partial charge in [-0.05, 0) is 25.5 Å². The quantitative estimate of drug-likeness (QED) is 0.819. The number of nitrogens with zero attached hydrogens (tertiary/aromatic N) is 2. The molecule has 5 heteroatoms. The van der Waals surface area contributed by atoms with Crippen molar-refractivity contribution >= 4 is 23.6 Å². The monoisotopic (exact) mass is 259 g/mol. The molecule has 1 aliphatic heterocycles. The molecule has 0 radical (unpaired) electrons. The van der Waals surface area contributed by atoms with Crippen LogP contribution in [0.25, 0.3) is 0 Å². The smallest absolute Gasteiger partial charge is 0.251 e. The Balaban J connectivity index is 2.62. The van der Waals surface area contributed by atoms with E-state index in [-0.39, 0.29) is 12.5 Å². The minimum atomic E-state index is -0.478. The molecule has 1 amide bonds. The van der Waals surface area contributed by atoms with Crippen LogP contribution in [0.1, 0.15) is 25.0 Å². The zero-order valence-electron chi connectivity index (χ0n) is 11.1. The summed E-state index contributed by atoms with van der Waals surface area (Å²) in [6.07, 6.45) is 0.726. The molecule has 1 unspecified atom stereocenters. The summed E-state index contributed by atoms with van der Waals surface area (Å²) in [5.41, 5.74) is 8.94. The normalized spacial score (nSPS) is 18.7. The molecular weight excluding hydrogens is 242 g/mol. The molecule has 0 bridgehead atoms. The van der Waals surface area contributed by atoms with Gasteiger partial charge < -0.3 is 15.4 Å². The summed E-state index contributed by atoms with van der Waals surface area (Å²) < 4.78 is 0. The Morgan fingerprint density at radius 3 is 2.84 bits per heavy atom. The van der Waals surface area contributed by atoms with Gasteiger partial charge in [-0.1, -0.05) is 12.1 Å². The van der Waals surface area contributed by atoms with E-state index in [4.69, 9.17) is 5.73 Å². The number of benzodiazepines with no additional fused rings is 1. The van der Waals surface area contributed by atoms with Crippen LogP contribution in [0.5, 0.6) is 0 Å². The second kappa shape index (κ2) is 5.32. The third-order valence-corrected chi connectivity index (χ3v) is 3.25. The lowest BCUT2D eigenvalue weighted by molar-refractivity contribution is -0.120. The van der Waals surface area contributed by atoms with Crippen LogP contribution in [0.15, 0.2) is 23.2 Å². The van der Waals surface area contributed by atoms with Crippen molar-refractivity contribution in [3.8, 4) is 0 Å². The van der Waals surface area contributed by atoms with Crippen molar-refractivity contribution in [1.82, 2.24) is 0 Å². The fourth-order valence-electron chi connectivity index (χ4n) is 2.26. The Morgan fingerprint density at radius 2 is 2.21 bits per heavy atom. The molecule has 1 aromatic rings. The minimum Gasteiger partial charge on any atom is -0.326 e. The second-order valence-corrected chi connectivity index (χ2v) is 4.56. The fourth-order valence-corrected chi connectivity index (χ4v) is 2.26. The van der Waals surface area contributed by atoms with Crippen LogP contribution < -0.4 is 10.6 Å². The molecule has 2 N–H and O–H groups in total. The fraction of sp³-hybridized carbons (Fsp3) is 0.357. The number of aliphatic imine (C=N–C) groups is 1. The molecule has 0 fully saturated rings. The number of carbonyl (C=O) groups excluding carboxylic acids is 2. The van der Waals surface area contributed by atoms with Crippen molar-refractivity contribution in [3.63, 3.8) is 0 Å². The molecule has 0 saturated carbocycles. The van der Waals surface area contributed by atoms with Crippen LogP contribution in [0, 0.1) is 0 Å². The first-order chi connectivity index (χ1) is 9.08. The van der Waals surface area contributed by atoms with Crippen molar-refractivity contribution < 1.29 is 9.59 Å². The predicted octanol–water partition coefficient (Wildman–Crippen LogP) is 0.888. The number of anilines is 1. The number of carbonyl (C=O) groups is 2. The van der Waals surface area contributed by atoms with Gasteiger partial charge in [0.2, 0.25) is 0 Å². The Labute approximate surface area is 112 Å². The maximum absolute atomic E-state index is 12.3. The van der Waals surface area contributed by atoms with Crippen LogP contribution in [-0.2, 0) is 16.1 Å². The molecule has 0 saturated heterocycles. The molecule has 100 valence electrons. The first-order valence-electron chi connectivity index (χ1n) is 6.21. The Morgan fingerprint density at radius 1 is 1.47 bits per heavy atom. The van der Waals surface area contributed by atoms with E-state index in [1.165, 1.54) is 4.90 Å². The largest absolute Gasteiger partial charge is 0.326 e.